The summed E-state index contributed by atoms with van der Waals surface area (Å²) in [6.45, 7) is 2.55. The number of nitrogens with one attached hydrogen (secondary N) is 2. The molecule has 1 saturated carbocycles. The smallest absolute Gasteiger partial charge is 0.225 e. The van der Waals surface area contributed by atoms with Crippen molar-refractivity contribution in [2.24, 2.45) is 0 Å². The van der Waals surface area contributed by atoms with Crippen molar-refractivity contribution in [2.45, 2.75) is 58.0 Å². The Morgan fingerprint density at radius 3 is 2.46 bits per heavy atom. The number of halogens is 1. The van der Waals surface area contributed by atoms with Gasteiger partial charge in [0.2, 0.25) is 5.95 Å². The predicted octanol–water partition coefficient (Wildman–Crippen LogP) is 4.67. The van der Waals surface area contributed by atoms with E-state index in [1.54, 1.807) is 12.1 Å². The summed E-state index contributed by atoms with van der Waals surface area (Å²) < 4.78 is 13.0. The Morgan fingerprint density at radius 2 is 1.75 bits per heavy atom. The van der Waals surface area contributed by atoms with Gasteiger partial charge in [-0.05, 0) is 37.5 Å². The van der Waals surface area contributed by atoms with Gasteiger partial charge in [0.05, 0.1) is 0 Å². The van der Waals surface area contributed by atoms with Gasteiger partial charge in [-0.25, -0.2) is 9.37 Å². The number of hydrogen-bond acceptors (Lipinski definition) is 4. The van der Waals surface area contributed by atoms with E-state index in [1.807, 2.05) is 13.0 Å². The second-order valence-corrected chi connectivity index (χ2v) is 6.53. The molecule has 1 aliphatic carbocycles. The summed E-state index contributed by atoms with van der Waals surface area (Å²) in [5.41, 5.74) is 1.93. The fourth-order valence-electron chi connectivity index (χ4n) is 3.14. The Balaban J connectivity index is 1.63. The van der Waals surface area contributed by atoms with Crippen LogP contribution in [0.4, 0.5) is 16.2 Å². The van der Waals surface area contributed by atoms with Crippen LogP contribution in [0.25, 0.3) is 0 Å². The molecule has 0 spiro atoms. The molecule has 0 amide bonds. The monoisotopic (exact) mass is 328 g/mol. The third kappa shape index (κ3) is 4.91. The predicted molar refractivity (Wildman–Crippen MR) is 95.6 cm³/mol. The van der Waals surface area contributed by atoms with Crippen LogP contribution in [-0.4, -0.2) is 16.0 Å². The van der Waals surface area contributed by atoms with Gasteiger partial charge in [0.1, 0.15) is 11.6 Å². The first-order valence-electron chi connectivity index (χ1n) is 8.79. The van der Waals surface area contributed by atoms with E-state index >= 15 is 0 Å². The lowest BCUT2D eigenvalue weighted by Gasteiger charge is -2.17. The van der Waals surface area contributed by atoms with Crippen LogP contribution in [0, 0.1) is 12.7 Å². The molecule has 0 radical (unpaired) electrons. The minimum absolute atomic E-state index is 0.222. The van der Waals surface area contributed by atoms with Crippen LogP contribution >= 0.6 is 0 Å². The normalized spacial score (nSPS) is 15.8. The highest BCUT2D eigenvalue weighted by Crippen LogP contribution is 2.21. The van der Waals surface area contributed by atoms with E-state index < -0.39 is 0 Å². The molecular weight excluding hydrogens is 303 g/mol. The molecule has 1 aromatic heterocycles. The van der Waals surface area contributed by atoms with Crippen LogP contribution in [-0.2, 0) is 6.54 Å². The van der Waals surface area contributed by atoms with Gasteiger partial charge in [-0.1, -0.05) is 37.8 Å². The molecule has 0 aliphatic heterocycles. The first kappa shape index (κ1) is 16.7. The maximum atomic E-state index is 13.0. The number of benzene rings is 1. The Hall–Kier alpha value is -2.17. The number of hydrogen-bond donors (Lipinski definition) is 2. The van der Waals surface area contributed by atoms with Crippen molar-refractivity contribution in [3.8, 4) is 0 Å². The summed E-state index contributed by atoms with van der Waals surface area (Å²) in [5, 5.41) is 6.79. The molecule has 1 aliphatic rings. The number of rotatable bonds is 5. The zero-order valence-electron chi connectivity index (χ0n) is 14.2. The molecule has 2 aromatic rings. The molecule has 128 valence electrons. The van der Waals surface area contributed by atoms with E-state index in [0.717, 1.165) is 17.1 Å². The summed E-state index contributed by atoms with van der Waals surface area (Å²) in [6.07, 6.45) is 7.68. The van der Waals surface area contributed by atoms with Gasteiger partial charge >= 0.3 is 0 Å². The Kier molecular flexibility index (Phi) is 5.62. The Morgan fingerprint density at radius 1 is 1.04 bits per heavy atom. The number of aromatic nitrogens is 2. The summed E-state index contributed by atoms with van der Waals surface area (Å²) >= 11 is 0. The van der Waals surface area contributed by atoms with Crippen molar-refractivity contribution in [1.82, 2.24) is 9.97 Å². The Bertz CT molecular complexity index is 649. The molecule has 1 aromatic carbocycles. The molecule has 3 rings (SSSR count). The average molecular weight is 328 g/mol. The van der Waals surface area contributed by atoms with Gasteiger partial charge in [-0.2, -0.15) is 4.98 Å². The quantitative estimate of drug-likeness (QED) is 0.783. The first-order chi connectivity index (χ1) is 11.7. The fourth-order valence-corrected chi connectivity index (χ4v) is 3.14. The lowest BCUT2D eigenvalue weighted by molar-refractivity contribution is 0.617. The van der Waals surface area contributed by atoms with Gasteiger partial charge in [-0.3, -0.25) is 0 Å². The standard InChI is InChI=1S/C19H25FN4/c1-14-12-18(23-17-6-4-2-3-5-7-17)24-19(22-14)21-13-15-8-10-16(20)11-9-15/h8-12,17H,2-7,13H2,1H3,(H2,21,22,23,24). The van der Waals surface area contributed by atoms with E-state index in [0.29, 0.717) is 18.5 Å². The van der Waals surface area contributed by atoms with E-state index in [-0.39, 0.29) is 5.82 Å². The minimum Gasteiger partial charge on any atom is -0.367 e. The highest BCUT2D eigenvalue weighted by molar-refractivity contribution is 5.43. The van der Waals surface area contributed by atoms with E-state index in [2.05, 4.69) is 20.6 Å². The van der Waals surface area contributed by atoms with Gasteiger partial charge < -0.3 is 10.6 Å². The van der Waals surface area contributed by atoms with Crippen molar-refractivity contribution in [3.63, 3.8) is 0 Å². The van der Waals surface area contributed by atoms with Crippen LogP contribution in [0.3, 0.4) is 0 Å². The summed E-state index contributed by atoms with van der Waals surface area (Å²) in [6, 6.07) is 8.96. The molecule has 5 heteroatoms. The maximum absolute atomic E-state index is 13.0. The van der Waals surface area contributed by atoms with Crippen molar-refractivity contribution in [3.05, 3.63) is 47.4 Å². The SMILES string of the molecule is Cc1cc(NC2CCCCCC2)nc(NCc2ccc(F)cc2)n1. The van der Waals surface area contributed by atoms with Crippen LogP contribution in [0.1, 0.15) is 49.8 Å². The molecule has 24 heavy (non-hydrogen) atoms. The molecule has 0 bridgehead atoms. The number of anilines is 2. The van der Waals surface area contributed by atoms with E-state index in [9.17, 15) is 4.39 Å². The van der Waals surface area contributed by atoms with Crippen LogP contribution in [0.15, 0.2) is 30.3 Å². The van der Waals surface area contributed by atoms with Gasteiger partial charge in [0.25, 0.3) is 0 Å². The van der Waals surface area contributed by atoms with Gasteiger partial charge in [0, 0.05) is 24.3 Å². The van der Waals surface area contributed by atoms with Crippen molar-refractivity contribution >= 4 is 11.8 Å². The molecule has 1 heterocycles. The Labute approximate surface area is 142 Å². The lowest BCUT2D eigenvalue weighted by atomic mass is 10.1. The molecule has 2 N–H and O–H groups in total. The second kappa shape index (κ2) is 8.08. The molecule has 0 atom stereocenters. The largest absolute Gasteiger partial charge is 0.367 e. The molecule has 0 saturated heterocycles. The highest BCUT2D eigenvalue weighted by atomic mass is 19.1. The maximum Gasteiger partial charge on any atom is 0.225 e. The van der Waals surface area contributed by atoms with Gasteiger partial charge in [-0.15, -0.1) is 0 Å². The third-order valence-corrected chi connectivity index (χ3v) is 4.43. The van der Waals surface area contributed by atoms with E-state index in [1.165, 1.54) is 50.7 Å². The van der Waals surface area contributed by atoms with Crippen molar-refractivity contribution in [1.29, 1.82) is 0 Å². The third-order valence-electron chi connectivity index (χ3n) is 4.43. The second-order valence-electron chi connectivity index (χ2n) is 6.53. The lowest BCUT2D eigenvalue weighted by Crippen LogP contribution is -2.19. The minimum atomic E-state index is -0.222. The average Bonchev–Trinajstić information content (AvgIpc) is 2.82. The highest BCUT2D eigenvalue weighted by Gasteiger charge is 2.13. The van der Waals surface area contributed by atoms with Crippen molar-refractivity contribution in [2.75, 3.05) is 10.6 Å². The number of aryl methyl sites for hydroxylation is 1. The summed E-state index contributed by atoms with van der Waals surface area (Å²) in [5.74, 6) is 1.27. The topological polar surface area (TPSA) is 49.8 Å². The summed E-state index contributed by atoms with van der Waals surface area (Å²) in [4.78, 5) is 9.03. The zero-order chi connectivity index (χ0) is 16.8. The van der Waals surface area contributed by atoms with Gasteiger partial charge in [0.15, 0.2) is 0 Å². The fraction of sp³-hybridized carbons (Fsp3) is 0.474. The molecular formula is C19H25FN4. The van der Waals surface area contributed by atoms with Crippen LogP contribution < -0.4 is 10.6 Å². The first-order valence-corrected chi connectivity index (χ1v) is 8.79. The summed E-state index contributed by atoms with van der Waals surface area (Å²) in [7, 11) is 0. The van der Waals surface area contributed by atoms with Crippen LogP contribution in [0.2, 0.25) is 0 Å². The molecule has 1 fully saturated rings. The van der Waals surface area contributed by atoms with Crippen molar-refractivity contribution < 1.29 is 4.39 Å². The molecule has 4 nitrogen and oxygen atoms in total. The van der Waals surface area contributed by atoms with E-state index in [4.69, 9.17) is 0 Å². The number of nitrogens with zero attached hydrogens (tertiary/aromatic N) is 2. The molecule has 0 unspecified atom stereocenters. The van der Waals surface area contributed by atoms with Crippen LogP contribution in [0.5, 0.6) is 0 Å². The zero-order valence-corrected chi connectivity index (χ0v) is 14.2.